The number of carboxylic acid groups (broad SMARTS) is 1. The summed E-state index contributed by atoms with van der Waals surface area (Å²) in [6.07, 6.45) is 14.6. The van der Waals surface area contributed by atoms with Gasteiger partial charge in [-0.25, -0.2) is 4.79 Å². The molecule has 1 aromatic heterocycles. The van der Waals surface area contributed by atoms with Crippen LogP contribution in [0.5, 0.6) is 0 Å². The average Bonchev–Trinajstić information content (AvgIpc) is 3.41. The van der Waals surface area contributed by atoms with E-state index in [2.05, 4.69) is 25.0 Å². The van der Waals surface area contributed by atoms with Crippen LogP contribution in [0.4, 0.5) is 0 Å². The first-order chi connectivity index (χ1) is 15.0. The van der Waals surface area contributed by atoms with Crippen LogP contribution in [-0.4, -0.2) is 16.2 Å². The number of hydrogen-bond donors (Lipinski definition) is 2. The van der Waals surface area contributed by atoms with E-state index >= 15 is 0 Å². The summed E-state index contributed by atoms with van der Waals surface area (Å²) in [4.78, 5) is 12.6. The van der Waals surface area contributed by atoms with Gasteiger partial charge < -0.3 is 10.2 Å². The van der Waals surface area contributed by atoms with Crippen LogP contribution in [0, 0.1) is 18.3 Å². The normalized spacial score (nSPS) is 17.0. The summed E-state index contributed by atoms with van der Waals surface area (Å²) in [5.41, 5.74) is 4.53. The topological polar surface area (TPSA) is 57.5 Å². The molecule has 0 fully saturated rings. The van der Waals surface area contributed by atoms with Crippen molar-refractivity contribution >= 4 is 22.9 Å². The second kappa shape index (κ2) is 11.3. The molecule has 0 spiro atoms. The van der Waals surface area contributed by atoms with Crippen LogP contribution in [0.2, 0.25) is 0 Å². The summed E-state index contributed by atoms with van der Waals surface area (Å²) in [6.45, 7) is 2.17. The van der Waals surface area contributed by atoms with Crippen molar-refractivity contribution in [2.45, 2.75) is 70.8 Å². The molecular formula is C27H32O3S. The molecule has 0 saturated heterocycles. The first-order valence-corrected chi connectivity index (χ1v) is 12.1. The highest BCUT2D eigenvalue weighted by Gasteiger charge is 2.26. The van der Waals surface area contributed by atoms with Crippen LogP contribution in [0.15, 0.2) is 42.0 Å². The zero-order chi connectivity index (χ0) is 22.2. The Morgan fingerprint density at radius 2 is 1.97 bits per heavy atom. The van der Waals surface area contributed by atoms with Crippen molar-refractivity contribution in [3.63, 3.8) is 0 Å². The fraction of sp³-hybridized carbons (Fsp3) is 0.444. The van der Waals surface area contributed by atoms with Crippen LogP contribution in [0.25, 0.3) is 5.57 Å². The second-order valence-corrected chi connectivity index (χ2v) is 9.54. The van der Waals surface area contributed by atoms with E-state index in [-0.39, 0.29) is 0 Å². The van der Waals surface area contributed by atoms with E-state index in [1.807, 2.05) is 18.2 Å². The number of allylic oxidation sites excluding steroid dienone is 2. The molecule has 0 unspecified atom stereocenters. The Morgan fingerprint density at radius 1 is 1.19 bits per heavy atom. The summed E-state index contributed by atoms with van der Waals surface area (Å²) in [6, 6.07) is 11.9. The third-order valence-electron chi connectivity index (χ3n) is 6.19. The number of terminal acetylenes is 1. The number of rotatable bonds is 11. The number of aliphatic hydroxyl groups is 1. The van der Waals surface area contributed by atoms with E-state index < -0.39 is 12.1 Å². The molecule has 3 rings (SSSR count). The molecule has 0 saturated carbocycles. The maximum absolute atomic E-state index is 11.1. The smallest absolute Gasteiger partial charge is 0.345 e. The lowest BCUT2D eigenvalue weighted by molar-refractivity contribution is 0.0702. The Morgan fingerprint density at radius 3 is 2.61 bits per heavy atom. The number of aryl methyl sites for hydroxylation is 1. The Kier molecular flexibility index (Phi) is 8.51. The van der Waals surface area contributed by atoms with Crippen molar-refractivity contribution < 1.29 is 15.0 Å². The molecule has 3 nitrogen and oxygen atoms in total. The lowest BCUT2D eigenvalue weighted by atomic mass is 9.88. The Hall–Kier alpha value is -2.35. The minimum atomic E-state index is -0.852. The number of carboxylic acids is 1. The monoisotopic (exact) mass is 436 g/mol. The molecule has 0 amide bonds. The summed E-state index contributed by atoms with van der Waals surface area (Å²) in [5, 5.41) is 19.5. The number of unbranched alkanes of at least 4 members (excludes halogenated alkanes) is 2. The number of aliphatic hydroxyl groups excluding tert-OH is 1. The molecule has 4 heteroatoms. The van der Waals surface area contributed by atoms with Gasteiger partial charge in [0, 0.05) is 10.5 Å². The molecule has 0 radical (unpaired) electrons. The van der Waals surface area contributed by atoms with Gasteiger partial charge in [-0.1, -0.05) is 56.4 Å². The minimum Gasteiger partial charge on any atom is -0.477 e. The van der Waals surface area contributed by atoms with Crippen LogP contribution in [0.3, 0.4) is 0 Å². The van der Waals surface area contributed by atoms with E-state index in [1.54, 1.807) is 6.07 Å². The quantitative estimate of drug-likeness (QED) is 0.298. The largest absolute Gasteiger partial charge is 0.477 e. The third kappa shape index (κ3) is 6.09. The van der Waals surface area contributed by atoms with Gasteiger partial charge in [0.1, 0.15) is 4.88 Å². The molecular weight excluding hydrogens is 404 g/mol. The highest BCUT2D eigenvalue weighted by molar-refractivity contribution is 7.13. The average molecular weight is 437 g/mol. The van der Waals surface area contributed by atoms with Crippen molar-refractivity contribution in [3.05, 3.63) is 62.9 Å². The molecule has 0 aliphatic heterocycles. The Bertz CT molecular complexity index is 946. The van der Waals surface area contributed by atoms with Crippen LogP contribution >= 0.6 is 11.3 Å². The van der Waals surface area contributed by atoms with E-state index in [0.717, 1.165) is 73.8 Å². The summed E-state index contributed by atoms with van der Waals surface area (Å²) in [7, 11) is 0. The van der Waals surface area contributed by atoms with Crippen molar-refractivity contribution in [3.8, 4) is 12.3 Å². The summed E-state index contributed by atoms with van der Waals surface area (Å²) in [5.74, 6) is 2.49. The van der Waals surface area contributed by atoms with Gasteiger partial charge in [-0.05, 0) is 73.3 Å². The summed E-state index contributed by atoms with van der Waals surface area (Å²) < 4.78 is 0. The van der Waals surface area contributed by atoms with Crippen molar-refractivity contribution in [2.24, 2.45) is 5.92 Å². The second-order valence-electron chi connectivity index (χ2n) is 8.37. The van der Waals surface area contributed by atoms with Gasteiger partial charge in [-0.15, -0.1) is 17.8 Å². The maximum Gasteiger partial charge on any atom is 0.345 e. The van der Waals surface area contributed by atoms with Crippen molar-refractivity contribution in [1.29, 1.82) is 0 Å². The molecule has 1 aromatic carbocycles. The zero-order valence-electron chi connectivity index (χ0n) is 18.3. The van der Waals surface area contributed by atoms with E-state index in [9.17, 15) is 9.90 Å². The van der Waals surface area contributed by atoms with Gasteiger partial charge >= 0.3 is 5.97 Å². The van der Waals surface area contributed by atoms with Crippen molar-refractivity contribution in [1.82, 2.24) is 0 Å². The minimum absolute atomic E-state index is 0.400. The van der Waals surface area contributed by atoms with Gasteiger partial charge in [-0.3, -0.25) is 0 Å². The molecule has 1 aliphatic carbocycles. The van der Waals surface area contributed by atoms with Crippen LogP contribution in [-0.2, 0) is 6.42 Å². The fourth-order valence-corrected chi connectivity index (χ4v) is 5.37. The molecule has 1 aliphatic rings. The molecule has 31 heavy (non-hydrogen) atoms. The van der Waals surface area contributed by atoms with Crippen LogP contribution in [0.1, 0.15) is 90.1 Å². The van der Waals surface area contributed by atoms with Crippen molar-refractivity contribution in [2.75, 3.05) is 0 Å². The molecule has 1 heterocycles. The predicted molar refractivity (Wildman–Crippen MR) is 128 cm³/mol. The van der Waals surface area contributed by atoms with Gasteiger partial charge in [0.2, 0.25) is 0 Å². The van der Waals surface area contributed by atoms with E-state index in [0.29, 0.717) is 10.8 Å². The number of benzene rings is 1. The fourth-order valence-electron chi connectivity index (χ4n) is 4.48. The molecule has 0 bridgehead atoms. The predicted octanol–water partition coefficient (Wildman–Crippen LogP) is 6.88. The summed E-state index contributed by atoms with van der Waals surface area (Å²) >= 11 is 1.37. The SMILES string of the molecule is C#CC1=C(c2ccc([C@H](O)CCCCC)cc2)[C@@H](CCCc2ccc(C(=O)O)s2)CC1. The van der Waals surface area contributed by atoms with Gasteiger partial charge in [0.15, 0.2) is 0 Å². The van der Waals surface area contributed by atoms with E-state index in [4.69, 9.17) is 11.5 Å². The third-order valence-corrected chi connectivity index (χ3v) is 7.32. The molecule has 2 N–H and O–H groups in total. The molecule has 164 valence electrons. The number of aromatic carboxylic acids is 1. The van der Waals surface area contributed by atoms with Gasteiger partial charge in [0.25, 0.3) is 0 Å². The lowest BCUT2D eigenvalue weighted by Gasteiger charge is -2.17. The number of hydrogen-bond acceptors (Lipinski definition) is 3. The Labute approximate surface area is 189 Å². The molecule has 2 aromatic rings. The molecule has 2 atom stereocenters. The Balaban J connectivity index is 1.63. The lowest BCUT2D eigenvalue weighted by Crippen LogP contribution is -2.02. The van der Waals surface area contributed by atoms with E-state index in [1.165, 1.54) is 22.5 Å². The highest BCUT2D eigenvalue weighted by atomic mass is 32.1. The van der Waals surface area contributed by atoms with Gasteiger partial charge in [0.05, 0.1) is 6.10 Å². The maximum atomic E-state index is 11.1. The number of thiophene rings is 1. The van der Waals surface area contributed by atoms with Crippen LogP contribution < -0.4 is 0 Å². The number of carbonyl (C=O) groups is 1. The highest BCUT2D eigenvalue weighted by Crippen LogP contribution is 2.41. The zero-order valence-corrected chi connectivity index (χ0v) is 19.1. The standard InChI is InChI=1S/C27H32O3S/c1-3-5-6-10-24(28)20-12-15-22(16-13-20)26-19(4-2)11-14-21(26)8-7-9-23-17-18-25(31-23)27(29)30/h2,12-13,15-18,21,24,28H,3,5-11,14H2,1H3,(H,29,30)/t21-,24+/m0/s1. The van der Waals surface area contributed by atoms with Gasteiger partial charge in [-0.2, -0.15) is 0 Å². The first-order valence-electron chi connectivity index (χ1n) is 11.3. The first kappa shape index (κ1) is 23.3.